The van der Waals surface area contributed by atoms with E-state index in [-0.39, 0.29) is 0 Å². The molecule has 1 aliphatic rings. The zero-order chi connectivity index (χ0) is 11.6. The molecule has 2 heteroatoms. The lowest BCUT2D eigenvalue weighted by atomic mass is 9.88. The molecular weight excluding hydrogens is 214 g/mol. The van der Waals surface area contributed by atoms with Crippen molar-refractivity contribution in [2.24, 2.45) is 0 Å². The first-order valence-corrected chi connectivity index (χ1v) is 7.40. The largest absolute Gasteiger partial charge is 0.305 e. The minimum absolute atomic E-state index is 0.307. The van der Waals surface area contributed by atoms with Crippen LogP contribution >= 0.6 is 11.3 Å². The summed E-state index contributed by atoms with van der Waals surface area (Å²) < 4.78 is 0. The van der Waals surface area contributed by atoms with E-state index in [0.717, 1.165) is 0 Å². The highest BCUT2D eigenvalue weighted by Crippen LogP contribution is 2.35. The van der Waals surface area contributed by atoms with E-state index in [1.807, 2.05) is 11.3 Å². The van der Waals surface area contributed by atoms with E-state index in [1.165, 1.54) is 32.1 Å². The van der Waals surface area contributed by atoms with Gasteiger partial charge in [0, 0.05) is 16.5 Å². The van der Waals surface area contributed by atoms with E-state index < -0.39 is 0 Å². The molecular formula is C14H23NS. The molecule has 1 N–H and O–H groups in total. The van der Waals surface area contributed by atoms with E-state index in [2.05, 4.69) is 37.5 Å². The van der Waals surface area contributed by atoms with Crippen molar-refractivity contribution >= 4 is 11.3 Å². The Morgan fingerprint density at radius 2 is 2.19 bits per heavy atom. The Morgan fingerprint density at radius 3 is 2.88 bits per heavy atom. The van der Waals surface area contributed by atoms with Crippen LogP contribution < -0.4 is 5.32 Å². The standard InChI is InChI=1S/C14H23NS/c1-4-14(3,5-2)15-12-7-6-8-13-11(12)9-10-16-13/h9-10,12,15H,4-8H2,1-3H3. The van der Waals surface area contributed by atoms with Crippen molar-refractivity contribution in [2.45, 2.75) is 64.5 Å². The molecule has 1 aliphatic carbocycles. The lowest BCUT2D eigenvalue weighted by Crippen LogP contribution is -2.44. The molecule has 1 unspecified atom stereocenters. The Morgan fingerprint density at radius 1 is 1.44 bits per heavy atom. The zero-order valence-electron chi connectivity index (χ0n) is 10.7. The van der Waals surface area contributed by atoms with Crippen molar-refractivity contribution in [3.05, 3.63) is 21.9 Å². The van der Waals surface area contributed by atoms with E-state index in [4.69, 9.17) is 0 Å². The fourth-order valence-electron chi connectivity index (χ4n) is 2.51. The van der Waals surface area contributed by atoms with E-state index in [1.54, 1.807) is 10.4 Å². The average molecular weight is 237 g/mol. The van der Waals surface area contributed by atoms with Crippen LogP contribution in [-0.4, -0.2) is 5.54 Å². The van der Waals surface area contributed by atoms with Crippen LogP contribution in [0, 0.1) is 0 Å². The molecule has 1 aromatic rings. The van der Waals surface area contributed by atoms with Crippen molar-refractivity contribution < 1.29 is 0 Å². The van der Waals surface area contributed by atoms with Gasteiger partial charge in [0.25, 0.3) is 0 Å². The molecule has 0 aromatic carbocycles. The maximum atomic E-state index is 3.88. The maximum Gasteiger partial charge on any atom is 0.0336 e. The van der Waals surface area contributed by atoms with Gasteiger partial charge in [0.15, 0.2) is 0 Å². The minimum Gasteiger partial charge on any atom is -0.305 e. The fraction of sp³-hybridized carbons (Fsp3) is 0.714. The van der Waals surface area contributed by atoms with Crippen LogP contribution in [0.5, 0.6) is 0 Å². The molecule has 0 bridgehead atoms. The van der Waals surface area contributed by atoms with Gasteiger partial charge < -0.3 is 5.32 Å². The minimum atomic E-state index is 0.307. The highest BCUT2D eigenvalue weighted by atomic mass is 32.1. The first kappa shape index (κ1) is 12.1. The number of aryl methyl sites for hydroxylation is 1. The van der Waals surface area contributed by atoms with Crippen LogP contribution in [0.2, 0.25) is 0 Å². The SMILES string of the molecule is CCC(C)(CC)NC1CCCc2sccc21. The van der Waals surface area contributed by atoms with Gasteiger partial charge in [-0.1, -0.05) is 13.8 Å². The molecule has 0 aliphatic heterocycles. The second-order valence-corrected chi connectivity index (χ2v) is 6.16. The van der Waals surface area contributed by atoms with Gasteiger partial charge in [0.05, 0.1) is 0 Å². The van der Waals surface area contributed by atoms with Gasteiger partial charge >= 0.3 is 0 Å². The lowest BCUT2D eigenvalue weighted by molar-refractivity contribution is 0.275. The third kappa shape index (κ3) is 2.33. The van der Waals surface area contributed by atoms with Gasteiger partial charge in [-0.2, -0.15) is 0 Å². The summed E-state index contributed by atoms with van der Waals surface area (Å²) in [4.78, 5) is 1.61. The van der Waals surface area contributed by atoms with E-state index in [9.17, 15) is 0 Å². The number of fused-ring (bicyclic) bond motifs is 1. The fourth-order valence-corrected chi connectivity index (χ4v) is 3.50. The van der Waals surface area contributed by atoms with Gasteiger partial charge in [-0.15, -0.1) is 11.3 Å². The van der Waals surface area contributed by atoms with Gasteiger partial charge in [-0.05, 0) is 56.0 Å². The number of rotatable bonds is 4. The number of thiophene rings is 1. The molecule has 0 spiro atoms. The zero-order valence-corrected chi connectivity index (χ0v) is 11.5. The second-order valence-electron chi connectivity index (χ2n) is 5.16. The third-order valence-corrected chi connectivity index (χ3v) is 5.13. The number of hydrogen-bond acceptors (Lipinski definition) is 2. The quantitative estimate of drug-likeness (QED) is 0.823. The number of hydrogen-bond donors (Lipinski definition) is 1. The molecule has 1 aromatic heterocycles. The van der Waals surface area contributed by atoms with Crippen LogP contribution in [0.1, 0.15) is 62.9 Å². The summed E-state index contributed by atoms with van der Waals surface area (Å²) in [6.45, 7) is 6.93. The summed E-state index contributed by atoms with van der Waals surface area (Å²) in [7, 11) is 0. The predicted octanol–water partition coefficient (Wildman–Crippen LogP) is 4.29. The Labute approximate surface area is 103 Å². The van der Waals surface area contributed by atoms with Gasteiger partial charge in [0.2, 0.25) is 0 Å². The highest BCUT2D eigenvalue weighted by molar-refractivity contribution is 7.10. The Hall–Kier alpha value is -0.340. The van der Waals surface area contributed by atoms with Crippen molar-refractivity contribution in [3.63, 3.8) is 0 Å². The molecule has 0 fully saturated rings. The van der Waals surface area contributed by atoms with Gasteiger partial charge in [-0.25, -0.2) is 0 Å². The molecule has 0 radical (unpaired) electrons. The summed E-state index contributed by atoms with van der Waals surface area (Å²) in [6.07, 6.45) is 6.35. The van der Waals surface area contributed by atoms with E-state index >= 15 is 0 Å². The number of nitrogens with one attached hydrogen (secondary N) is 1. The van der Waals surface area contributed by atoms with Crippen molar-refractivity contribution in [1.82, 2.24) is 5.32 Å². The monoisotopic (exact) mass is 237 g/mol. The van der Waals surface area contributed by atoms with E-state index in [0.29, 0.717) is 11.6 Å². The van der Waals surface area contributed by atoms with Crippen LogP contribution in [-0.2, 0) is 6.42 Å². The topological polar surface area (TPSA) is 12.0 Å². The lowest BCUT2D eigenvalue weighted by Gasteiger charge is -2.35. The Kier molecular flexibility index (Phi) is 3.70. The van der Waals surface area contributed by atoms with Gasteiger partial charge in [-0.3, -0.25) is 0 Å². The normalized spacial score (nSPS) is 20.8. The van der Waals surface area contributed by atoms with Gasteiger partial charge in [0.1, 0.15) is 0 Å². The summed E-state index contributed by atoms with van der Waals surface area (Å²) >= 11 is 1.93. The third-order valence-electron chi connectivity index (χ3n) is 4.14. The molecule has 2 rings (SSSR count). The van der Waals surface area contributed by atoms with Crippen molar-refractivity contribution in [2.75, 3.05) is 0 Å². The first-order chi connectivity index (χ1) is 7.68. The first-order valence-electron chi connectivity index (χ1n) is 6.52. The molecule has 16 heavy (non-hydrogen) atoms. The Balaban J connectivity index is 2.13. The van der Waals surface area contributed by atoms with Crippen molar-refractivity contribution in [1.29, 1.82) is 0 Å². The molecule has 90 valence electrons. The van der Waals surface area contributed by atoms with Crippen LogP contribution in [0.3, 0.4) is 0 Å². The maximum absolute atomic E-state index is 3.88. The molecule has 1 atom stereocenters. The summed E-state index contributed by atoms with van der Waals surface area (Å²) in [5.74, 6) is 0. The summed E-state index contributed by atoms with van der Waals surface area (Å²) in [6, 6.07) is 2.92. The van der Waals surface area contributed by atoms with Crippen LogP contribution in [0.4, 0.5) is 0 Å². The molecule has 1 nitrogen and oxygen atoms in total. The molecule has 0 saturated heterocycles. The smallest absolute Gasteiger partial charge is 0.0336 e. The van der Waals surface area contributed by atoms with Crippen LogP contribution in [0.25, 0.3) is 0 Å². The Bertz CT molecular complexity index is 338. The molecule has 0 amide bonds. The molecule has 0 saturated carbocycles. The second kappa shape index (κ2) is 4.89. The predicted molar refractivity (Wildman–Crippen MR) is 72.1 cm³/mol. The summed E-state index contributed by atoms with van der Waals surface area (Å²) in [5, 5.41) is 6.13. The van der Waals surface area contributed by atoms with Crippen LogP contribution in [0.15, 0.2) is 11.4 Å². The summed E-state index contributed by atoms with van der Waals surface area (Å²) in [5.41, 5.74) is 1.88. The van der Waals surface area contributed by atoms with Crippen molar-refractivity contribution in [3.8, 4) is 0 Å². The average Bonchev–Trinajstić information content (AvgIpc) is 2.78. The highest BCUT2D eigenvalue weighted by Gasteiger charge is 2.27. The molecule has 1 heterocycles.